The summed E-state index contributed by atoms with van der Waals surface area (Å²) in [7, 11) is 0. The highest BCUT2D eigenvalue weighted by Crippen LogP contribution is 2.25. The molecule has 1 saturated carbocycles. The van der Waals surface area contributed by atoms with E-state index in [9.17, 15) is 0 Å². The zero-order valence-corrected chi connectivity index (χ0v) is 12.1. The lowest BCUT2D eigenvalue weighted by molar-refractivity contribution is 0.276. The molecular formula is C16H23N3O. The van der Waals surface area contributed by atoms with E-state index in [0.29, 0.717) is 0 Å². The van der Waals surface area contributed by atoms with Gasteiger partial charge in [-0.15, -0.1) is 0 Å². The lowest BCUT2D eigenvalue weighted by Crippen LogP contribution is -2.33. The van der Waals surface area contributed by atoms with Crippen molar-refractivity contribution in [3.63, 3.8) is 0 Å². The number of hydrogen-bond acceptors (Lipinski definition) is 4. The summed E-state index contributed by atoms with van der Waals surface area (Å²) in [6.45, 7) is 6.32. The van der Waals surface area contributed by atoms with Crippen LogP contribution in [0.5, 0.6) is 5.75 Å². The summed E-state index contributed by atoms with van der Waals surface area (Å²) in [5.74, 6) is 0.802. The summed E-state index contributed by atoms with van der Waals surface area (Å²) in [6, 6.07) is 10.7. The number of benzene rings is 1. The first-order chi connectivity index (χ1) is 9.85. The zero-order chi connectivity index (χ0) is 14.2. The Bertz CT molecular complexity index is 451. The van der Waals surface area contributed by atoms with Crippen LogP contribution < -0.4 is 10.1 Å². The van der Waals surface area contributed by atoms with Gasteiger partial charge >= 0.3 is 0 Å². The highest BCUT2D eigenvalue weighted by Gasteiger charge is 2.26. The smallest absolute Gasteiger partial charge is 0.174 e. The number of nitriles is 1. The maximum atomic E-state index is 8.58. The Labute approximate surface area is 121 Å². The normalized spacial score (nSPS) is 14.2. The maximum Gasteiger partial charge on any atom is 0.174 e. The minimum Gasteiger partial charge on any atom is -0.478 e. The molecule has 1 fully saturated rings. The van der Waals surface area contributed by atoms with E-state index in [1.807, 2.05) is 30.3 Å². The minimum absolute atomic E-state index is 0.0995. The molecule has 0 aromatic heterocycles. The van der Waals surface area contributed by atoms with Crippen molar-refractivity contribution in [2.75, 3.05) is 26.2 Å². The number of nitrogens with one attached hydrogen (secondary N) is 1. The van der Waals surface area contributed by atoms with Crippen molar-refractivity contribution in [3.05, 3.63) is 29.8 Å². The number of likely N-dealkylation sites (N-methyl/N-ethyl adjacent to an activating group) is 1. The van der Waals surface area contributed by atoms with Crippen LogP contribution in [0.1, 0.15) is 25.3 Å². The van der Waals surface area contributed by atoms with Gasteiger partial charge < -0.3 is 10.1 Å². The van der Waals surface area contributed by atoms with Gasteiger partial charge in [-0.05, 0) is 25.5 Å². The van der Waals surface area contributed by atoms with Crippen LogP contribution in [0.3, 0.4) is 0 Å². The van der Waals surface area contributed by atoms with Crippen molar-refractivity contribution in [2.24, 2.45) is 0 Å². The molecule has 0 radical (unpaired) electrons. The minimum atomic E-state index is 0.0995. The zero-order valence-electron chi connectivity index (χ0n) is 12.1. The highest BCUT2D eigenvalue weighted by molar-refractivity contribution is 5.33. The Hall–Kier alpha value is -1.57. The third-order valence-corrected chi connectivity index (χ3v) is 3.63. The van der Waals surface area contributed by atoms with Crippen molar-refractivity contribution < 1.29 is 4.74 Å². The van der Waals surface area contributed by atoms with Crippen LogP contribution in [0, 0.1) is 11.3 Å². The molecule has 108 valence electrons. The van der Waals surface area contributed by atoms with Crippen molar-refractivity contribution in [2.45, 2.75) is 32.4 Å². The van der Waals surface area contributed by atoms with Crippen LogP contribution in [0.4, 0.5) is 0 Å². The number of hydrogen-bond donors (Lipinski definition) is 1. The predicted octanol–water partition coefficient (Wildman–Crippen LogP) is 2.16. The van der Waals surface area contributed by atoms with Gasteiger partial charge in [0, 0.05) is 31.2 Å². The molecule has 0 heterocycles. The fourth-order valence-electron chi connectivity index (χ4n) is 2.39. The standard InChI is InChI=1S/C16H23N3O/c1-2-19(15-7-8-15)11-10-18-13-14-5-3-4-6-16(14)20-12-9-17/h3-6,15,18H,2,7-8,10-13H2,1H3. The largest absolute Gasteiger partial charge is 0.478 e. The number of nitrogens with zero attached hydrogens (tertiary/aromatic N) is 2. The first-order valence-corrected chi connectivity index (χ1v) is 7.37. The Morgan fingerprint density at radius 3 is 2.90 bits per heavy atom. The molecule has 4 nitrogen and oxygen atoms in total. The highest BCUT2D eigenvalue weighted by atomic mass is 16.5. The van der Waals surface area contributed by atoms with E-state index in [2.05, 4.69) is 17.1 Å². The summed E-state index contributed by atoms with van der Waals surface area (Å²) in [4.78, 5) is 2.53. The van der Waals surface area contributed by atoms with Gasteiger partial charge in [0.25, 0.3) is 0 Å². The quantitative estimate of drug-likeness (QED) is 0.700. The Kier molecular flexibility index (Phi) is 5.85. The summed E-state index contributed by atoms with van der Waals surface area (Å²) in [5, 5.41) is 12.0. The third-order valence-electron chi connectivity index (χ3n) is 3.63. The molecule has 20 heavy (non-hydrogen) atoms. The maximum absolute atomic E-state index is 8.58. The van der Waals surface area contributed by atoms with Crippen LogP contribution in [0.2, 0.25) is 0 Å². The first kappa shape index (κ1) is 14.8. The van der Waals surface area contributed by atoms with Crippen LogP contribution in [0.15, 0.2) is 24.3 Å². The molecule has 4 heteroatoms. The van der Waals surface area contributed by atoms with E-state index in [-0.39, 0.29) is 6.61 Å². The van der Waals surface area contributed by atoms with Gasteiger partial charge in [0.1, 0.15) is 11.8 Å². The molecule has 1 N–H and O–H groups in total. The van der Waals surface area contributed by atoms with E-state index in [1.165, 1.54) is 12.8 Å². The van der Waals surface area contributed by atoms with E-state index in [1.54, 1.807) is 0 Å². The Morgan fingerprint density at radius 1 is 1.40 bits per heavy atom. The lowest BCUT2D eigenvalue weighted by atomic mass is 10.2. The molecule has 0 saturated heterocycles. The predicted molar refractivity (Wildman–Crippen MR) is 79.5 cm³/mol. The van der Waals surface area contributed by atoms with Gasteiger partial charge in [-0.25, -0.2) is 0 Å². The molecule has 0 unspecified atom stereocenters. The lowest BCUT2D eigenvalue weighted by Gasteiger charge is -2.20. The molecule has 0 atom stereocenters. The van der Waals surface area contributed by atoms with Gasteiger partial charge in [0.2, 0.25) is 0 Å². The molecule has 1 aliphatic carbocycles. The molecule has 1 aliphatic rings. The van der Waals surface area contributed by atoms with E-state index in [4.69, 9.17) is 10.00 Å². The number of para-hydroxylation sites is 1. The van der Waals surface area contributed by atoms with Crippen molar-refractivity contribution in [1.82, 2.24) is 10.2 Å². The molecule has 1 aromatic carbocycles. The average Bonchev–Trinajstić information content (AvgIpc) is 3.31. The van der Waals surface area contributed by atoms with Gasteiger partial charge in [-0.3, -0.25) is 4.90 Å². The Balaban J connectivity index is 1.74. The summed E-state index contributed by atoms with van der Waals surface area (Å²) >= 11 is 0. The van der Waals surface area contributed by atoms with Gasteiger partial charge in [0.05, 0.1) is 0 Å². The average molecular weight is 273 g/mol. The number of rotatable bonds is 9. The van der Waals surface area contributed by atoms with Crippen LogP contribution >= 0.6 is 0 Å². The van der Waals surface area contributed by atoms with Crippen LogP contribution in [-0.4, -0.2) is 37.2 Å². The molecular weight excluding hydrogens is 250 g/mol. The van der Waals surface area contributed by atoms with E-state index in [0.717, 1.165) is 43.5 Å². The molecule has 1 aromatic rings. The second-order valence-corrected chi connectivity index (χ2v) is 5.09. The molecule has 0 amide bonds. The topological polar surface area (TPSA) is 48.3 Å². The fraction of sp³-hybridized carbons (Fsp3) is 0.562. The fourth-order valence-corrected chi connectivity index (χ4v) is 2.39. The van der Waals surface area contributed by atoms with E-state index < -0.39 is 0 Å². The second kappa shape index (κ2) is 7.88. The van der Waals surface area contributed by atoms with Crippen molar-refractivity contribution in [3.8, 4) is 11.8 Å². The molecule has 0 bridgehead atoms. The first-order valence-electron chi connectivity index (χ1n) is 7.37. The Morgan fingerprint density at radius 2 is 2.20 bits per heavy atom. The SMILES string of the molecule is CCN(CCNCc1ccccc1OCC#N)C1CC1. The van der Waals surface area contributed by atoms with Gasteiger partial charge in [-0.2, -0.15) is 5.26 Å². The van der Waals surface area contributed by atoms with Crippen molar-refractivity contribution >= 4 is 0 Å². The van der Waals surface area contributed by atoms with E-state index >= 15 is 0 Å². The van der Waals surface area contributed by atoms with Gasteiger partial charge in [0.15, 0.2) is 6.61 Å². The second-order valence-electron chi connectivity index (χ2n) is 5.09. The summed E-state index contributed by atoms with van der Waals surface area (Å²) in [5.41, 5.74) is 1.11. The monoisotopic (exact) mass is 273 g/mol. The number of ether oxygens (including phenoxy) is 1. The molecule has 2 rings (SSSR count). The van der Waals surface area contributed by atoms with Gasteiger partial charge in [-0.1, -0.05) is 25.1 Å². The van der Waals surface area contributed by atoms with Crippen LogP contribution in [-0.2, 0) is 6.54 Å². The summed E-state index contributed by atoms with van der Waals surface area (Å²) in [6.07, 6.45) is 2.72. The molecule has 0 spiro atoms. The summed E-state index contributed by atoms with van der Waals surface area (Å²) < 4.78 is 5.42. The van der Waals surface area contributed by atoms with Crippen LogP contribution in [0.25, 0.3) is 0 Å². The molecule has 0 aliphatic heterocycles. The third kappa shape index (κ3) is 4.52. The van der Waals surface area contributed by atoms with Crippen molar-refractivity contribution in [1.29, 1.82) is 5.26 Å².